The number of likely N-dealkylation sites (tertiary alicyclic amines) is 1. The van der Waals surface area contributed by atoms with Crippen LogP contribution >= 0.6 is 11.6 Å². The van der Waals surface area contributed by atoms with Crippen molar-refractivity contribution in [1.82, 2.24) is 19.7 Å². The number of unbranched alkanes of at least 4 members (excludes halogenated alkanes) is 1. The molecule has 4 aromatic rings. The van der Waals surface area contributed by atoms with Crippen molar-refractivity contribution in [2.24, 2.45) is 11.7 Å². The van der Waals surface area contributed by atoms with Crippen LogP contribution in [0.5, 0.6) is 11.5 Å². The highest BCUT2D eigenvalue weighted by Gasteiger charge is 2.20. The number of hydrogen-bond acceptors (Lipinski definition) is 10. The number of carbonyl (C=O) groups is 1. The SMILES string of the molecule is CC(CO)C(=O)O.Cc1nn(CCCCN2CCC(O)C2)c(C)c1-c1cccc(COc2cc(OCc3cncc(C#N)c3)c(CN)cc2Cl)c1C. The van der Waals surface area contributed by atoms with Gasteiger partial charge in [0.05, 0.1) is 34.9 Å². The lowest BCUT2D eigenvalue weighted by Gasteiger charge is -2.17. The summed E-state index contributed by atoms with van der Waals surface area (Å²) < 4.78 is 14.4. The van der Waals surface area contributed by atoms with E-state index in [4.69, 9.17) is 47.4 Å². The number of aliphatic hydroxyl groups is 2. The maximum atomic E-state index is 9.77. The van der Waals surface area contributed by atoms with E-state index in [2.05, 4.69) is 59.6 Å². The number of nitriles is 1. The second-order valence-corrected chi connectivity index (χ2v) is 13.5. The number of nitrogens with two attached hydrogens (primary N) is 1. The smallest absolute Gasteiger partial charge is 0.308 e. The molecular weight excluding hydrogens is 684 g/mol. The number of pyridine rings is 1. The van der Waals surface area contributed by atoms with E-state index in [9.17, 15) is 9.90 Å². The van der Waals surface area contributed by atoms with Crippen molar-refractivity contribution in [3.8, 4) is 28.7 Å². The quantitative estimate of drug-likeness (QED) is 0.112. The van der Waals surface area contributed by atoms with Crippen molar-refractivity contribution in [3.63, 3.8) is 0 Å². The normalized spacial score (nSPS) is 14.7. The monoisotopic (exact) mass is 732 g/mol. The second kappa shape index (κ2) is 19.4. The van der Waals surface area contributed by atoms with Crippen LogP contribution < -0.4 is 15.2 Å². The number of benzene rings is 2. The van der Waals surface area contributed by atoms with E-state index in [1.165, 1.54) is 13.1 Å². The summed E-state index contributed by atoms with van der Waals surface area (Å²) >= 11 is 6.60. The molecule has 12 nitrogen and oxygen atoms in total. The Hall–Kier alpha value is -4.51. The van der Waals surface area contributed by atoms with Gasteiger partial charge in [0.25, 0.3) is 0 Å². The van der Waals surface area contributed by atoms with Gasteiger partial charge >= 0.3 is 5.97 Å². The Morgan fingerprint density at radius 1 is 1.10 bits per heavy atom. The van der Waals surface area contributed by atoms with Crippen LogP contribution in [0.15, 0.2) is 48.8 Å². The molecule has 2 aromatic carbocycles. The van der Waals surface area contributed by atoms with Crippen LogP contribution in [0.2, 0.25) is 5.02 Å². The van der Waals surface area contributed by atoms with Crippen LogP contribution in [0.25, 0.3) is 11.1 Å². The average Bonchev–Trinajstić information content (AvgIpc) is 3.69. The molecule has 5 rings (SSSR count). The highest BCUT2D eigenvalue weighted by Crippen LogP contribution is 2.35. The molecule has 52 heavy (non-hydrogen) atoms. The molecule has 0 bridgehead atoms. The summed E-state index contributed by atoms with van der Waals surface area (Å²) in [5.41, 5.74) is 14.6. The Labute approximate surface area is 310 Å². The van der Waals surface area contributed by atoms with Crippen molar-refractivity contribution in [2.75, 3.05) is 26.2 Å². The lowest BCUT2D eigenvalue weighted by Crippen LogP contribution is -2.23. The first-order chi connectivity index (χ1) is 24.9. The summed E-state index contributed by atoms with van der Waals surface area (Å²) in [7, 11) is 0. The first kappa shape index (κ1) is 40.3. The fourth-order valence-electron chi connectivity index (χ4n) is 6.03. The molecule has 1 aliphatic rings. The molecule has 2 aromatic heterocycles. The lowest BCUT2D eigenvalue weighted by molar-refractivity contribution is -0.142. The molecule has 0 saturated carbocycles. The number of halogens is 1. The third kappa shape index (κ3) is 10.8. The topological polar surface area (TPSA) is 180 Å². The number of aryl methyl sites for hydroxylation is 2. The van der Waals surface area contributed by atoms with Crippen LogP contribution in [0.1, 0.15) is 65.4 Å². The zero-order chi connectivity index (χ0) is 37.8. The summed E-state index contributed by atoms with van der Waals surface area (Å²) in [4.78, 5) is 16.2. The summed E-state index contributed by atoms with van der Waals surface area (Å²) in [6.07, 6.45) is 6.02. The first-order valence-electron chi connectivity index (χ1n) is 17.4. The maximum Gasteiger partial charge on any atom is 0.308 e. The Kier molecular flexibility index (Phi) is 15.0. The van der Waals surface area contributed by atoms with Crippen molar-refractivity contribution in [3.05, 3.63) is 93.0 Å². The molecule has 1 aliphatic heterocycles. The van der Waals surface area contributed by atoms with E-state index in [-0.39, 0.29) is 25.9 Å². The molecule has 3 heterocycles. The summed E-state index contributed by atoms with van der Waals surface area (Å²) in [5, 5.41) is 40.4. The predicted molar refractivity (Wildman–Crippen MR) is 199 cm³/mol. The molecule has 2 unspecified atom stereocenters. The van der Waals surface area contributed by atoms with E-state index < -0.39 is 11.9 Å². The van der Waals surface area contributed by atoms with Gasteiger partial charge in [0.2, 0.25) is 0 Å². The molecule has 0 radical (unpaired) electrons. The van der Waals surface area contributed by atoms with Gasteiger partial charge in [0.1, 0.15) is 30.8 Å². The molecule has 1 fully saturated rings. The molecule has 13 heteroatoms. The summed E-state index contributed by atoms with van der Waals surface area (Å²) in [6, 6.07) is 13.6. The number of ether oxygens (including phenoxy) is 2. The number of nitrogens with zero attached hydrogens (tertiary/aromatic N) is 5. The van der Waals surface area contributed by atoms with Gasteiger partial charge in [-0.1, -0.05) is 29.8 Å². The number of aliphatic carboxylic acids is 1. The van der Waals surface area contributed by atoms with Gasteiger partial charge < -0.3 is 35.4 Å². The average molecular weight is 733 g/mol. The molecule has 0 aliphatic carbocycles. The minimum Gasteiger partial charge on any atom is -0.488 e. The zero-order valence-electron chi connectivity index (χ0n) is 30.3. The van der Waals surface area contributed by atoms with Gasteiger partial charge in [-0.05, 0) is 82.3 Å². The number of carboxylic acid groups (broad SMARTS) is 1. The number of β-amino-alcohol motifs (C(OH)–C–C–N with tert-alkyl or cyclic N) is 1. The number of rotatable bonds is 15. The van der Waals surface area contributed by atoms with Crippen LogP contribution in [0, 0.1) is 38.0 Å². The fourth-order valence-corrected chi connectivity index (χ4v) is 6.27. The molecule has 5 N–H and O–H groups in total. The van der Waals surface area contributed by atoms with E-state index in [0.717, 1.165) is 90.2 Å². The van der Waals surface area contributed by atoms with E-state index in [1.807, 2.05) is 0 Å². The third-order valence-electron chi connectivity index (χ3n) is 9.17. The minimum atomic E-state index is -0.956. The molecule has 278 valence electrons. The van der Waals surface area contributed by atoms with Crippen LogP contribution in [0.3, 0.4) is 0 Å². The minimum absolute atomic E-state index is 0.170. The van der Waals surface area contributed by atoms with E-state index in [1.54, 1.807) is 24.4 Å². The van der Waals surface area contributed by atoms with Gasteiger partial charge in [-0.2, -0.15) is 10.4 Å². The summed E-state index contributed by atoms with van der Waals surface area (Å²) in [6.45, 7) is 12.0. The number of hydrogen-bond donors (Lipinski definition) is 4. The second-order valence-electron chi connectivity index (χ2n) is 13.1. The van der Waals surface area contributed by atoms with Crippen LogP contribution in [0.4, 0.5) is 0 Å². The molecule has 1 saturated heterocycles. The van der Waals surface area contributed by atoms with Crippen molar-refractivity contribution >= 4 is 17.6 Å². The van der Waals surface area contributed by atoms with Gasteiger partial charge in [0, 0.05) is 67.0 Å². The summed E-state index contributed by atoms with van der Waals surface area (Å²) in [5.74, 6) is -0.509. The third-order valence-corrected chi connectivity index (χ3v) is 9.47. The maximum absolute atomic E-state index is 9.77. The molecular formula is C39H49ClN6O6. The largest absolute Gasteiger partial charge is 0.488 e. The standard InChI is InChI=1S/C35H41ClN6O3.C4H8O3/c1-23-28(22-45-34-15-33(29(17-38)14-32(34)36)44-21-27-13-26(16-37)18-39-19-27)7-6-8-31(23)35-24(2)40-42(25(35)3)11-5-4-10-41-12-9-30(43)20-41;1-3(2-5)4(6)7/h6-8,13-15,18-19,30,43H,4-5,9-12,17,20-22,38H2,1-3H3;3,5H,2H2,1H3,(H,6,7). The van der Waals surface area contributed by atoms with Crippen molar-refractivity contribution in [1.29, 1.82) is 5.26 Å². The fraction of sp³-hybridized carbons (Fsp3) is 0.436. The Bertz CT molecular complexity index is 1860. The van der Waals surface area contributed by atoms with Crippen molar-refractivity contribution < 1.29 is 29.6 Å². The van der Waals surface area contributed by atoms with Crippen LogP contribution in [-0.2, 0) is 31.1 Å². The van der Waals surface area contributed by atoms with Gasteiger partial charge in [-0.15, -0.1) is 0 Å². The lowest BCUT2D eigenvalue weighted by atomic mass is 9.95. The van der Waals surface area contributed by atoms with Gasteiger partial charge in [-0.3, -0.25) is 14.5 Å². The van der Waals surface area contributed by atoms with E-state index in [0.29, 0.717) is 28.7 Å². The number of aromatic nitrogens is 3. The number of aliphatic hydroxyl groups excluding tert-OH is 2. The first-order valence-corrected chi connectivity index (χ1v) is 17.8. The highest BCUT2D eigenvalue weighted by atomic mass is 35.5. The predicted octanol–water partition coefficient (Wildman–Crippen LogP) is 5.56. The Morgan fingerprint density at radius 3 is 2.50 bits per heavy atom. The molecule has 0 spiro atoms. The molecule has 0 amide bonds. The zero-order valence-corrected chi connectivity index (χ0v) is 31.1. The van der Waals surface area contributed by atoms with E-state index >= 15 is 0 Å². The Morgan fingerprint density at radius 2 is 1.85 bits per heavy atom. The molecule has 2 atom stereocenters. The highest BCUT2D eigenvalue weighted by molar-refractivity contribution is 6.32. The van der Waals surface area contributed by atoms with Gasteiger partial charge in [-0.25, -0.2) is 0 Å². The number of carboxylic acids is 1. The van der Waals surface area contributed by atoms with Gasteiger partial charge in [0.15, 0.2) is 0 Å². The Balaban J connectivity index is 0.000000785. The van der Waals surface area contributed by atoms with Crippen LogP contribution in [-0.4, -0.2) is 73.3 Å². The van der Waals surface area contributed by atoms with Crippen molar-refractivity contribution in [2.45, 2.75) is 79.4 Å².